The van der Waals surface area contributed by atoms with Crippen molar-refractivity contribution >= 4 is 12.1 Å². The zero-order valence-electron chi connectivity index (χ0n) is 11.2. The minimum Gasteiger partial charge on any atom is -0.480 e. The first-order valence-electron chi connectivity index (χ1n) is 6.31. The van der Waals surface area contributed by atoms with Gasteiger partial charge in [0.15, 0.2) is 0 Å². The van der Waals surface area contributed by atoms with E-state index >= 15 is 0 Å². The van der Waals surface area contributed by atoms with Crippen LogP contribution in [0.5, 0.6) is 0 Å². The molecule has 0 unspecified atom stereocenters. The lowest BCUT2D eigenvalue weighted by Crippen LogP contribution is -2.26. The summed E-state index contributed by atoms with van der Waals surface area (Å²) in [5.41, 5.74) is 0.889. The topological polar surface area (TPSA) is 93.5 Å². The Kier molecular flexibility index (Phi) is 4.92. The monoisotopic (exact) mass is 289 g/mol. The molecule has 0 spiro atoms. The Morgan fingerprint density at radius 1 is 1.29 bits per heavy atom. The lowest BCUT2D eigenvalue weighted by Gasteiger charge is -2.08. The molecule has 0 aliphatic heterocycles. The molecule has 7 heteroatoms. The van der Waals surface area contributed by atoms with Gasteiger partial charge in [-0.15, -0.1) is 0 Å². The number of rotatable bonds is 6. The van der Waals surface area contributed by atoms with Gasteiger partial charge in [-0.2, -0.15) is 0 Å². The second-order valence-electron chi connectivity index (χ2n) is 4.28. The maximum Gasteiger partial charge on any atom is 0.407 e. The summed E-state index contributed by atoms with van der Waals surface area (Å²) in [6.45, 7) is 0.0836. The number of aliphatic carboxylic acids is 1. The van der Waals surface area contributed by atoms with E-state index in [1.165, 1.54) is 10.8 Å². The van der Waals surface area contributed by atoms with E-state index < -0.39 is 12.1 Å². The van der Waals surface area contributed by atoms with Crippen LogP contribution < -0.4 is 5.32 Å². The van der Waals surface area contributed by atoms with Crippen LogP contribution in [-0.4, -0.2) is 26.7 Å². The number of benzene rings is 1. The van der Waals surface area contributed by atoms with E-state index in [2.05, 4.69) is 10.3 Å². The molecule has 0 saturated heterocycles. The number of carboxylic acids is 1. The zero-order valence-corrected chi connectivity index (χ0v) is 11.2. The minimum absolute atomic E-state index is 0.105. The van der Waals surface area contributed by atoms with Crippen molar-refractivity contribution in [2.45, 2.75) is 19.7 Å². The molecule has 0 radical (unpaired) electrons. The first-order valence-corrected chi connectivity index (χ1v) is 6.31. The molecular weight excluding hydrogens is 274 g/mol. The second-order valence-corrected chi connectivity index (χ2v) is 4.28. The third-order valence-electron chi connectivity index (χ3n) is 2.71. The van der Waals surface area contributed by atoms with Crippen LogP contribution in [0.4, 0.5) is 4.79 Å². The Labute approximate surface area is 121 Å². The highest BCUT2D eigenvalue weighted by atomic mass is 16.5. The van der Waals surface area contributed by atoms with Crippen molar-refractivity contribution < 1.29 is 19.4 Å². The number of carbonyl (C=O) groups is 2. The lowest BCUT2D eigenvalue weighted by molar-refractivity contribution is -0.137. The Morgan fingerprint density at radius 3 is 2.76 bits per heavy atom. The number of amides is 1. The number of nitrogens with one attached hydrogen (secondary N) is 1. The fourth-order valence-electron chi connectivity index (χ4n) is 1.72. The van der Waals surface area contributed by atoms with Gasteiger partial charge in [-0.05, 0) is 5.56 Å². The summed E-state index contributed by atoms with van der Waals surface area (Å²) in [6.07, 6.45) is 2.44. The number of alkyl carbamates (subject to hydrolysis) is 1. The maximum atomic E-state index is 11.6. The van der Waals surface area contributed by atoms with Gasteiger partial charge < -0.3 is 19.7 Å². The van der Waals surface area contributed by atoms with Crippen molar-refractivity contribution in [3.8, 4) is 0 Å². The van der Waals surface area contributed by atoms with Crippen molar-refractivity contribution in [2.24, 2.45) is 0 Å². The number of aromatic nitrogens is 2. The van der Waals surface area contributed by atoms with Crippen LogP contribution >= 0.6 is 0 Å². The molecule has 0 aliphatic carbocycles. The van der Waals surface area contributed by atoms with E-state index in [0.717, 1.165) is 5.56 Å². The molecule has 1 heterocycles. The van der Waals surface area contributed by atoms with Gasteiger partial charge in [-0.3, -0.25) is 4.79 Å². The summed E-state index contributed by atoms with van der Waals surface area (Å²) in [6, 6.07) is 9.31. The van der Waals surface area contributed by atoms with Gasteiger partial charge in [0, 0.05) is 12.4 Å². The molecule has 0 bridgehead atoms. The molecule has 2 rings (SSSR count). The molecule has 7 nitrogen and oxygen atoms in total. The molecule has 2 aromatic rings. The average Bonchev–Trinajstić information content (AvgIpc) is 2.90. The smallest absolute Gasteiger partial charge is 0.407 e. The molecule has 0 fully saturated rings. The van der Waals surface area contributed by atoms with E-state index in [0.29, 0.717) is 5.82 Å². The van der Waals surface area contributed by atoms with E-state index in [1.54, 1.807) is 6.20 Å². The molecule has 1 amide bonds. The summed E-state index contributed by atoms with van der Waals surface area (Å²) in [5.74, 6) is -0.519. The Hall–Kier alpha value is -2.83. The zero-order chi connectivity index (χ0) is 15.1. The predicted molar refractivity (Wildman–Crippen MR) is 73.3 cm³/mol. The fourth-order valence-corrected chi connectivity index (χ4v) is 1.72. The molecule has 2 N–H and O–H groups in total. The second kappa shape index (κ2) is 7.09. The van der Waals surface area contributed by atoms with E-state index in [-0.39, 0.29) is 19.7 Å². The average molecular weight is 289 g/mol. The molecule has 0 aliphatic rings. The van der Waals surface area contributed by atoms with Crippen LogP contribution in [-0.2, 0) is 29.2 Å². The molecule has 0 atom stereocenters. The highest BCUT2D eigenvalue weighted by Crippen LogP contribution is 2.01. The molecule has 1 aromatic carbocycles. The number of carboxylic acid groups (broad SMARTS) is 1. The molecule has 0 saturated carbocycles. The van der Waals surface area contributed by atoms with Gasteiger partial charge in [0.05, 0.1) is 6.54 Å². The molecule has 21 heavy (non-hydrogen) atoms. The Balaban J connectivity index is 1.79. The molecular formula is C14H15N3O4. The quantitative estimate of drug-likeness (QED) is 0.838. The van der Waals surface area contributed by atoms with Gasteiger partial charge in [-0.25, -0.2) is 9.78 Å². The Morgan fingerprint density at radius 2 is 2.05 bits per heavy atom. The van der Waals surface area contributed by atoms with E-state index in [4.69, 9.17) is 9.84 Å². The first-order chi connectivity index (χ1) is 10.1. The fraction of sp³-hybridized carbons (Fsp3) is 0.214. The number of hydrogen-bond acceptors (Lipinski definition) is 4. The van der Waals surface area contributed by atoms with Crippen molar-refractivity contribution in [1.29, 1.82) is 0 Å². The number of nitrogens with zero attached hydrogens (tertiary/aromatic N) is 2. The van der Waals surface area contributed by atoms with E-state index in [1.807, 2.05) is 30.3 Å². The van der Waals surface area contributed by atoms with Crippen molar-refractivity contribution in [3.63, 3.8) is 0 Å². The Bertz CT molecular complexity index is 610. The normalized spacial score (nSPS) is 10.1. The van der Waals surface area contributed by atoms with Crippen LogP contribution in [0.1, 0.15) is 11.4 Å². The summed E-state index contributed by atoms with van der Waals surface area (Å²) in [4.78, 5) is 26.2. The summed E-state index contributed by atoms with van der Waals surface area (Å²) < 4.78 is 6.49. The standard InChI is InChI=1S/C14H15N3O4/c18-13(19)9-17-7-6-15-12(17)8-16-14(20)21-10-11-4-2-1-3-5-11/h1-7H,8-10H2,(H,16,20)(H,18,19). The van der Waals surface area contributed by atoms with Crippen LogP contribution in [0.15, 0.2) is 42.7 Å². The number of imidazole rings is 1. The van der Waals surface area contributed by atoms with Crippen LogP contribution in [0, 0.1) is 0 Å². The predicted octanol–water partition coefficient (Wildman–Crippen LogP) is 1.39. The lowest BCUT2D eigenvalue weighted by atomic mass is 10.2. The van der Waals surface area contributed by atoms with Crippen molar-refractivity contribution in [2.75, 3.05) is 0 Å². The summed E-state index contributed by atoms with van der Waals surface area (Å²) >= 11 is 0. The van der Waals surface area contributed by atoms with Crippen LogP contribution in [0.25, 0.3) is 0 Å². The van der Waals surface area contributed by atoms with Crippen LogP contribution in [0.2, 0.25) is 0 Å². The van der Waals surface area contributed by atoms with Gasteiger partial charge in [-0.1, -0.05) is 30.3 Å². The van der Waals surface area contributed by atoms with Gasteiger partial charge >= 0.3 is 12.1 Å². The van der Waals surface area contributed by atoms with Gasteiger partial charge in [0.1, 0.15) is 19.0 Å². The van der Waals surface area contributed by atoms with Crippen molar-refractivity contribution in [3.05, 3.63) is 54.1 Å². The van der Waals surface area contributed by atoms with Gasteiger partial charge in [0.2, 0.25) is 0 Å². The van der Waals surface area contributed by atoms with Crippen LogP contribution in [0.3, 0.4) is 0 Å². The molecule has 1 aromatic heterocycles. The number of carbonyl (C=O) groups excluding carboxylic acids is 1. The van der Waals surface area contributed by atoms with Gasteiger partial charge in [0.25, 0.3) is 0 Å². The highest BCUT2D eigenvalue weighted by molar-refractivity contribution is 5.67. The van der Waals surface area contributed by atoms with E-state index in [9.17, 15) is 9.59 Å². The summed E-state index contributed by atoms with van der Waals surface area (Å²) in [7, 11) is 0. The maximum absolute atomic E-state index is 11.6. The molecule has 110 valence electrons. The highest BCUT2D eigenvalue weighted by Gasteiger charge is 2.08. The largest absolute Gasteiger partial charge is 0.480 e. The number of hydrogen-bond donors (Lipinski definition) is 2. The third kappa shape index (κ3) is 4.64. The minimum atomic E-state index is -0.971. The summed E-state index contributed by atoms with van der Waals surface area (Å²) in [5, 5.41) is 11.3. The third-order valence-corrected chi connectivity index (χ3v) is 2.71. The number of ether oxygens (including phenoxy) is 1. The van der Waals surface area contributed by atoms with Crippen molar-refractivity contribution in [1.82, 2.24) is 14.9 Å². The first kappa shape index (κ1) is 14.6. The SMILES string of the molecule is O=C(O)Cn1ccnc1CNC(=O)OCc1ccccc1.